The lowest BCUT2D eigenvalue weighted by Gasteiger charge is -2.37. The van der Waals surface area contributed by atoms with E-state index < -0.39 is 8.32 Å². The van der Waals surface area contributed by atoms with Gasteiger partial charge in [-0.1, -0.05) is 32.4 Å². The zero-order chi connectivity index (χ0) is 15.1. The average molecular weight is 420 g/mol. The van der Waals surface area contributed by atoms with Crippen LogP contribution in [0.25, 0.3) is 10.9 Å². The Balaban J connectivity index is 2.61. The van der Waals surface area contributed by atoms with E-state index in [-0.39, 0.29) is 5.04 Å². The Morgan fingerprint density at radius 2 is 1.95 bits per heavy atom. The fraction of sp³-hybridized carbons (Fsp3) is 0.400. The van der Waals surface area contributed by atoms with Crippen molar-refractivity contribution in [2.75, 3.05) is 0 Å². The van der Waals surface area contributed by atoms with Crippen LogP contribution in [0.3, 0.4) is 0 Å². The van der Waals surface area contributed by atoms with Gasteiger partial charge >= 0.3 is 0 Å². The van der Waals surface area contributed by atoms with E-state index in [1.165, 1.54) is 0 Å². The van der Waals surface area contributed by atoms with Crippen LogP contribution in [0, 0.1) is 3.57 Å². The fourth-order valence-corrected chi connectivity index (χ4v) is 4.01. The summed E-state index contributed by atoms with van der Waals surface area (Å²) in [6, 6.07) is 5.84. The minimum Gasteiger partial charge on any atom is -0.541 e. The van der Waals surface area contributed by atoms with Gasteiger partial charge in [-0.05, 0) is 58.9 Å². The number of nitrogens with zero attached hydrogens (tertiary/aromatic N) is 1. The average Bonchev–Trinajstić information content (AvgIpc) is 2.33. The maximum absolute atomic E-state index is 6.48. The second kappa shape index (κ2) is 5.46. The van der Waals surface area contributed by atoms with Gasteiger partial charge in [0.15, 0.2) is 0 Å². The third-order valence-electron chi connectivity index (χ3n) is 3.91. The van der Waals surface area contributed by atoms with Crippen molar-refractivity contribution in [2.24, 2.45) is 0 Å². The lowest BCUT2D eigenvalue weighted by Crippen LogP contribution is -2.44. The number of halogens is 2. The molecule has 108 valence electrons. The third-order valence-corrected chi connectivity index (χ3v) is 9.35. The molecule has 1 aromatic heterocycles. The monoisotopic (exact) mass is 419 g/mol. The van der Waals surface area contributed by atoms with Crippen LogP contribution in [0.2, 0.25) is 23.2 Å². The summed E-state index contributed by atoms with van der Waals surface area (Å²) in [6.07, 6.45) is 1.78. The molecule has 0 aliphatic heterocycles. The Morgan fingerprint density at radius 3 is 2.55 bits per heavy atom. The molecule has 0 N–H and O–H groups in total. The summed E-state index contributed by atoms with van der Waals surface area (Å²) in [6.45, 7) is 11.2. The molecule has 0 saturated carbocycles. The van der Waals surface area contributed by atoms with Crippen molar-refractivity contribution in [3.8, 4) is 5.75 Å². The predicted molar refractivity (Wildman–Crippen MR) is 97.3 cm³/mol. The fourth-order valence-electron chi connectivity index (χ4n) is 1.65. The number of pyridine rings is 1. The Hall–Kier alpha value is -0.333. The SMILES string of the molecule is CC(C)(C)[Si](C)(C)Oc1c(I)cc(Cl)c2cccnc12. The number of aromatic nitrogens is 1. The number of fused-ring (bicyclic) bond motifs is 1. The Morgan fingerprint density at radius 1 is 1.30 bits per heavy atom. The van der Waals surface area contributed by atoms with Crippen molar-refractivity contribution in [3.63, 3.8) is 0 Å². The van der Waals surface area contributed by atoms with Crippen molar-refractivity contribution in [3.05, 3.63) is 33.0 Å². The minimum atomic E-state index is -1.90. The van der Waals surface area contributed by atoms with Crippen LogP contribution < -0.4 is 4.43 Å². The lowest BCUT2D eigenvalue weighted by atomic mass is 10.2. The molecule has 2 aromatic rings. The van der Waals surface area contributed by atoms with E-state index in [9.17, 15) is 0 Å². The molecular formula is C15H19ClINOSi. The van der Waals surface area contributed by atoms with Gasteiger partial charge in [0.25, 0.3) is 8.32 Å². The van der Waals surface area contributed by atoms with Gasteiger partial charge < -0.3 is 4.43 Å². The molecule has 0 saturated heterocycles. The first kappa shape index (κ1) is 16.0. The van der Waals surface area contributed by atoms with E-state index in [4.69, 9.17) is 16.0 Å². The topological polar surface area (TPSA) is 22.1 Å². The summed E-state index contributed by atoms with van der Waals surface area (Å²) in [5.41, 5.74) is 0.856. The first-order valence-electron chi connectivity index (χ1n) is 6.55. The van der Waals surface area contributed by atoms with Gasteiger partial charge in [0.1, 0.15) is 11.3 Å². The van der Waals surface area contributed by atoms with Crippen LogP contribution in [0.15, 0.2) is 24.4 Å². The van der Waals surface area contributed by atoms with E-state index in [1.807, 2.05) is 18.2 Å². The first-order valence-corrected chi connectivity index (χ1v) is 10.9. The van der Waals surface area contributed by atoms with E-state index in [2.05, 4.69) is 61.4 Å². The van der Waals surface area contributed by atoms with Crippen LogP contribution in [0.1, 0.15) is 20.8 Å². The molecular weight excluding hydrogens is 401 g/mol. The number of rotatable bonds is 2. The van der Waals surface area contributed by atoms with E-state index in [1.54, 1.807) is 6.20 Å². The molecule has 1 heterocycles. The second-order valence-electron chi connectivity index (χ2n) is 6.43. The molecule has 5 heteroatoms. The van der Waals surface area contributed by atoms with E-state index in [0.717, 1.165) is 25.2 Å². The third kappa shape index (κ3) is 2.97. The van der Waals surface area contributed by atoms with Crippen molar-refractivity contribution in [1.82, 2.24) is 4.98 Å². The molecule has 0 radical (unpaired) electrons. The Bertz CT molecular complexity index is 652. The van der Waals surface area contributed by atoms with Gasteiger partial charge in [-0.2, -0.15) is 0 Å². The van der Waals surface area contributed by atoms with E-state index in [0.29, 0.717) is 0 Å². The molecule has 0 aliphatic rings. The summed E-state index contributed by atoms with van der Waals surface area (Å²) in [7, 11) is -1.90. The molecule has 0 spiro atoms. The highest BCUT2D eigenvalue weighted by molar-refractivity contribution is 14.1. The molecule has 0 bridgehead atoms. The summed E-state index contributed by atoms with van der Waals surface area (Å²) in [5.74, 6) is 0.872. The van der Waals surface area contributed by atoms with E-state index >= 15 is 0 Å². The first-order chi connectivity index (χ1) is 9.13. The zero-order valence-electron chi connectivity index (χ0n) is 12.4. The summed E-state index contributed by atoms with van der Waals surface area (Å²) in [4.78, 5) is 4.48. The number of benzene rings is 1. The van der Waals surface area contributed by atoms with Crippen LogP contribution in [0.4, 0.5) is 0 Å². The summed E-state index contributed by atoms with van der Waals surface area (Å²) in [5, 5.41) is 1.82. The minimum absolute atomic E-state index is 0.150. The quantitative estimate of drug-likeness (QED) is 0.448. The Labute approximate surface area is 140 Å². The highest BCUT2D eigenvalue weighted by Crippen LogP contribution is 2.41. The Kier molecular flexibility index (Phi) is 4.38. The maximum Gasteiger partial charge on any atom is 0.250 e. The zero-order valence-corrected chi connectivity index (χ0v) is 16.3. The molecule has 0 aliphatic carbocycles. The van der Waals surface area contributed by atoms with Gasteiger partial charge in [0, 0.05) is 11.6 Å². The van der Waals surface area contributed by atoms with Gasteiger partial charge in [0.05, 0.1) is 8.59 Å². The number of hydrogen-bond acceptors (Lipinski definition) is 2. The molecule has 2 rings (SSSR count). The molecule has 2 nitrogen and oxygen atoms in total. The molecule has 0 atom stereocenters. The van der Waals surface area contributed by atoms with Crippen LogP contribution in [0.5, 0.6) is 5.75 Å². The molecule has 0 unspecified atom stereocenters. The lowest BCUT2D eigenvalue weighted by molar-refractivity contribution is 0.493. The largest absolute Gasteiger partial charge is 0.541 e. The van der Waals surface area contributed by atoms with Crippen molar-refractivity contribution >= 4 is 53.4 Å². The number of hydrogen-bond donors (Lipinski definition) is 0. The van der Waals surface area contributed by atoms with Gasteiger partial charge in [-0.15, -0.1) is 0 Å². The molecule has 0 fully saturated rings. The summed E-state index contributed by atoms with van der Waals surface area (Å²) < 4.78 is 7.49. The van der Waals surface area contributed by atoms with Crippen molar-refractivity contribution < 1.29 is 4.43 Å². The van der Waals surface area contributed by atoms with Crippen molar-refractivity contribution in [1.29, 1.82) is 0 Å². The van der Waals surface area contributed by atoms with Crippen LogP contribution >= 0.6 is 34.2 Å². The molecule has 1 aromatic carbocycles. The highest BCUT2D eigenvalue weighted by atomic mass is 127. The van der Waals surface area contributed by atoms with Crippen LogP contribution in [-0.4, -0.2) is 13.3 Å². The highest BCUT2D eigenvalue weighted by Gasteiger charge is 2.39. The summed E-state index contributed by atoms with van der Waals surface area (Å²) >= 11 is 8.58. The molecule has 0 amide bonds. The van der Waals surface area contributed by atoms with Gasteiger partial charge in [0.2, 0.25) is 0 Å². The predicted octanol–water partition coefficient (Wildman–Crippen LogP) is 5.88. The van der Waals surface area contributed by atoms with Gasteiger partial charge in [-0.25, -0.2) is 0 Å². The second-order valence-corrected chi connectivity index (χ2v) is 12.7. The van der Waals surface area contributed by atoms with Gasteiger partial charge in [-0.3, -0.25) is 4.98 Å². The maximum atomic E-state index is 6.48. The normalized spacial score (nSPS) is 12.8. The van der Waals surface area contributed by atoms with Crippen LogP contribution in [-0.2, 0) is 0 Å². The standard InChI is InChI=1S/C15H19ClINOSi/c1-15(2,3)20(4,5)19-14-12(17)9-11(16)10-7-6-8-18-13(10)14/h6-9H,1-5H3. The molecule has 20 heavy (non-hydrogen) atoms. The van der Waals surface area contributed by atoms with Crippen molar-refractivity contribution in [2.45, 2.75) is 38.9 Å². The smallest absolute Gasteiger partial charge is 0.250 e.